The molecule has 0 saturated carbocycles. The van der Waals surface area contributed by atoms with E-state index in [1.807, 2.05) is 18.2 Å². The van der Waals surface area contributed by atoms with Gasteiger partial charge in [0.2, 0.25) is 0 Å². The molecule has 1 aromatic carbocycles. The highest BCUT2D eigenvalue weighted by molar-refractivity contribution is 6.30. The predicted molar refractivity (Wildman–Crippen MR) is 65.5 cm³/mol. The summed E-state index contributed by atoms with van der Waals surface area (Å²) in [5.41, 5.74) is 0.881. The van der Waals surface area contributed by atoms with Crippen LogP contribution in [-0.4, -0.2) is 6.54 Å². The summed E-state index contributed by atoms with van der Waals surface area (Å²) in [6.45, 7) is 1.41. The van der Waals surface area contributed by atoms with Crippen LogP contribution >= 0.6 is 11.6 Å². The first-order chi connectivity index (χ1) is 8.25. The lowest BCUT2D eigenvalue weighted by Crippen LogP contribution is -2.16. The summed E-state index contributed by atoms with van der Waals surface area (Å²) in [5, 5.41) is 3.37. The highest BCUT2D eigenvalue weighted by atomic mass is 35.5. The maximum absolute atomic E-state index is 13.1. The van der Waals surface area contributed by atoms with E-state index < -0.39 is 0 Å². The van der Waals surface area contributed by atoms with E-state index in [4.69, 9.17) is 16.0 Å². The number of furan rings is 1. The van der Waals surface area contributed by atoms with Gasteiger partial charge in [-0.15, -0.1) is 0 Å². The predicted octanol–water partition coefficient (Wildman–Crippen LogP) is 3.40. The van der Waals surface area contributed by atoms with Gasteiger partial charge in [-0.3, -0.25) is 0 Å². The Morgan fingerprint density at radius 2 is 2.18 bits per heavy atom. The molecule has 1 N–H and O–H groups in total. The van der Waals surface area contributed by atoms with E-state index in [2.05, 4.69) is 5.32 Å². The molecule has 0 spiro atoms. The molecular weight excluding hydrogens is 241 g/mol. The van der Waals surface area contributed by atoms with Gasteiger partial charge in [0.15, 0.2) is 0 Å². The van der Waals surface area contributed by atoms with E-state index in [1.165, 1.54) is 6.07 Å². The minimum atomic E-state index is -0.378. The second kappa shape index (κ2) is 5.84. The van der Waals surface area contributed by atoms with Crippen molar-refractivity contribution < 1.29 is 8.81 Å². The minimum absolute atomic E-state index is 0.157. The van der Waals surface area contributed by atoms with Gasteiger partial charge in [-0.1, -0.05) is 17.7 Å². The average molecular weight is 254 g/mol. The summed E-state index contributed by atoms with van der Waals surface area (Å²) in [5.74, 6) is 0.566. The van der Waals surface area contributed by atoms with Crippen LogP contribution in [-0.2, 0) is 13.0 Å². The van der Waals surface area contributed by atoms with Gasteiger partial charge in [-0.05, 0) is 29.8 Å². The molecule has 0 aliphatic heterocycles. The first kappa shape index (κ1) is 12.1. The van der Waals surface area contributed by atoms with Crippen LogP contribution in [0.15, 0.2) is 41.0 Å². The summed E-state index contributed by atoms with van der Waals surface area (Å²) < 4.78 is 18.3. The fraction of sp³-hybridized carbons (Fsp3) is 0.231. The van der Waals surface area contributed by atoms with Gasteiger partial charge < -0.3 is 9.73 Å². The molecule has 1 aromatic heterocycles. The maximum atomic E-state index is 13.1. The number of nitrogens with one attached hydrogen (secondary N) is 1. The average Bonchev–Trinajstić information content (AvgIpc) is 2.82. The van der Waals surface area contributed by atoms with Crippen LogP contribution in [0, 0.1) is 5.82 Å². The van der Waals surface area contributed by atoms with Crippen molar-refractivity contribution in [1.82, 2.24) is 5.32 Å². The van der Waals surface area contributed by atoms with Crippen molar-refractivity contribution in [3.8, 4) is 0 Å². The molecule has 90 valence electrons. The first-order valence-corrected chi connectivity index (χ1v) is 5.80. The van der Waals surface area contributed by atoms with E-state index in [-0.39, 0.29) is 10.8 Å². The van der Waals surface area contributed by atoms with E-state index in [1.54, 1.807) is 12.3 Å². The van der Waals surface area contributed by atoms with Crippen molar-refractivity contribution in [2.45, 2.75) is 13.0 Å². The zero-order chi connectivity index (χ0) is 12.1. The lowest BCUT2D eigenvalue weighted by atomic mass is 10.2. The van der Waals surface area contributed by atoms with Crippen LogP contribution in [0.25, 0.3) is 0 Å². The SMILES string of the molecule is Fc1cc(CNCCc2ccco2)ccc1Cl. The lowest BCUT2D eigenvalue weighted by Gasteiger charge is -2.04. The van der Waals surface area contributed by atoms with Crippen LogP contribution in [0.5, 0.6) is 0 Å². The summed E-state index contributed by atoms with van der Waals surface area (Å²) in [4.78, 5) is 0. The molecule has 2 nitrogen and oxygen atoms in total. The second-order valence-electron chi connectivity index (χ2n) is 3.75. The van der Waals surface area contributed by atoms with Crippen molar-refractivity contribution in [1.29, 1.82) is 0 Å². The van der Waals surface area contributed by atoms with Crippen LogP contribution in [0.2, 0.25) is 5.02 Å². The molecule has 0 atom stereocenters. The number of hydrogen-bond donors (Lipinski definition) is 1. The smallest absolute Gasteiger partial charge is 0.142 e. The molecule has 0 saturated heterocycles. The molecule has 0 amide bonds. The normalized spacial score (nSPS) is 10.7. The Labute approximate surface area is 104 Å². The van der Waals surface area contributed by atoms with Crippen LogP contribution in [0.4, 0.5) is 4.39 Å². The molecule has 0 radical (unpaired) electrons. The summed E-state index contributed by atoms with van der Waals surface area (Å²) in [6.07, 6.45) is 2.48. The van der Waals surface area contributed by atoms with Gasteiger partial charge in [0, 0.05) is 19.5 Å². The van der Waals surface area contributed by atoms with E-state index in [0.29, 0.717) is 6.54 Å². The number of hydrogen-bond acceptors (Lipinski definition) is 2. The molecular formula is C13H13ClFNO. The third-order valence-corrected chi connectivity index (χ3v) is 2.75. The third-order valence-electron chi connectivity index (χ3n) is 2.44. The van der Waals surface area contributed by atoms with Crippen molar-refractivity contribution in [2.75, 3.05) is 6.54 Å². The van der Waals surface area contributed by atoms with Crippen molar-refractivity contribution in [2.24, 2.45) is 0 Å². The molecule has 4 heteroatoms. The van der Waals surface area contributed by atoms with Gasteiger partial charge in [-0.2, -0.15) is 0 Å². The second-order valence-corrected chi connectivity index (χ2v) is 4.16. The topological polar surface area (TPSA) is 25.2 Å². The van der Waals surface area contributed by atoms with Crippen molar-refractivity contribution in [3.05, 3.63) is 58.8 Å². The molecule has 1 heterocycles. The Kier molecular flexibility index (Phi) is 4.18. The molecule has 17 heavy (non-hydrogen) atoms. The third kappa shape index (κ3) is 3.58. The number of halogens is 2. The summed E-state index contributed by atoms with van der Waals surface area (Å²) in [7, 11) is 0. The summed E-state index contributed by atoms with van der Waals surface area (Å²) >= 11 is 5.60. The van der Waals surface area contributed by atoms with Crippen molar-refractivity contribution in [3.63, 3.8) is 0 Å². The fourth-order valence-corrected chi connectivity index (χ4v) is 1.67. The van der Waals surface area contributed by atoms with Crippen molar-refractivity contribution >= 4 is 11.6 Å². The first-order valence-electron chi connectivity index (χ1n) is 5.43. The lowest BCUT2D eigenvalue weighted by molar-refractivity contribution is 0.498. The molecule has 0 unspecified atom stereocenters. The highest BCUT2D eigenvalue weighted by Gasteiger charge is 2.01. The largest absolute Gasteiger partial charge is 0.469 e. The van der Waals surface area contributed by atoms with Gasteiger partial charge in [-0.25, -0.2) is 4.39 Å². The van der Waals surface area contributed by atoms with Gasteiger partial charge >= 0.3 is 0 Å². The van der Waals surface area contributed by atoms with E-state index >= 15 is 0 Å². The van der Waals surface area contributed by atoms with Crippen LogP contribution in [0.1, 0.15) is 11.3 Å². The van der Waals surface area contributed by atoms with Gasteiger partial charge in [0.1, 0.15) is 11.6 Å². The van der Waals surface area contributed by atoms with Crippen LogP contribution < -0.4 is 5.32 Å². The fourth-order valence-electron chi connectivity index (χ4n) is 1.55. The van der Waals surface area contributed by atoms with Crippen LogP contribution in [0.3, 0.4) is 0 Å². The number of benzene rings is 1. The van der Waals surface area contributed by atoms with Gasteiger partial charge in [0.25, 0.3) is 0 Å². The summed E-state index contributed by atoms with van der Waals surface area (Å²) in [6, 6.07) is 8.63. The molecule has 2 rings (SSSR count). The Hall–Kier alpha value is -1.32. The maximum Gasteiger partial charge on any atom is 0.142 e. The van der Waals surface area contributed by atoms with Gasteiger partial charge in [0.05, 0.1) is 11.3 Å². The quantitative estimate of drug-likeness (QED) is 0.827. The monoisotopic (exact) mass is 253 g/mol. The standard InChI is InChI=1S/C13H13ClFNO/c14-12-4-3-10(8-13(12)15)9-16-6-5-11-2-1-7-17-11/h1-4,7-8,16H,5-6,9H2. The molecule has 0 aliphatic rings. The number of rotatable bonds is 5. The Bertz CT molecular complexity index is 470. The molecule has 2 aromatic rings. The highest BCUT2D eigenvalue weighted by Crippen LogP contribution is 2.15. The molecule has 0 aliphatic carbocycles. The zero-order valence-electron chi connectivity index (χ0n) is 9.25. The minimum Gasteiger partial charge on any atom is -0.469 e. The Morgan fingerprint density at radius 1 is 1.29 bits per heavy atom. The zero-order valence-corrected chi connectivity index (χ0v) is 10.0. The van der Waals surface area contributed by atoms with E-state index in [0.717, 1.165) is 24.3 Å². The molecule has 0 fully saturated rings. The Balaban J connectivity index is 1.76. The Morgan fingerprint density at radius 3 is 2.88 bits per heavy atom. The van der Waals surface area contributed by atoms with E-state index in [9.17, 15) is 4.39 Å². The molecule has 0 bridgehead atoms.